The van der Waals surface area contributed by atoms with E-state index < -0.39 is 0 Å². The topological polar surface area (TPSA) is 74.0 Å². The van der Waals surface area contributed by atoms with Crippen molar-refractivity contribution in [3.63, 3.8) is 0 Å². The maximum atomic E-state index is 6.07. The highest BCUT2D eigenvalue weighted by Gasteiger charge is 2.18. The van der Waals surface area contributed by atoms with Crippen LogP contribution in [0.1, 0.15) is 5.56 Å². The van der Waals surface area contributed by atoms with Gasteiger partial charge in [0, 0.05) is 16.8 Å². The number of aromatic nitrogens is 5. The summed E-state index contributed by atoms with van der Waals surface area (Å²) in [4.78, 5) is 4.82. The lowest BCUT2D eigenvalue weighted by Crippen LogP contribution is -2.01. The van der Waals surface area contributed by atoms with Crippen molar-refractivity contribution in [1.29, 1.82) is 0 Å². The van der Waals surface area contributed by atoms with Gasteiger partial charge in [0.1, 0.15) is 17.0 Å². The minimum Gasteiger partial charge on any atom is -0.398 e. The minimum atomic E-state index is 0.529. The predicted octanol–water partition coefficient (Wildman–Crippen LogP) is 5.20. The average Bonchev–Trinajstić information content (AvgIpc) is 3.35. The molecule has 0 spiro atoms. The third-order valence-corrected chi connectivity index (χ3v) is 5.43. The molecule has 2 N–H and O–H groups in total. The highest BCUT2D eigenvalue weighted by atomic mass is 35.5. The van der Waals surface area contributed by atoms with E-state index in [-0.39, 0.29) is 0 Å². The summed E-state index contributed by atoms with van der Waals surface area (Å²) in [5.41, 5.74) is 11.6. The first-order valence-corrected chi connectivity index (χ1v) is 10.0. The standard InChI is InChI=1S/C22H16Cl2N6/c23-16-7-5-15(6-8-16)21-22(30-10-2-1-3-20(30)26-21)19-13-29(28-27-19)12-14-4-9-17(24)18(25)11-14/h1-11,13H,12,25H2. The fourth-order valence-electron chi connectivity index (χ4n) is 3.41. The number of fused-ring (bicyclic) bond motifs is 1. The number of hydrogen-bond donors (Lipinski definition) is 1. The summed E-state index contributed by atoms with van der Waals surface area (Å²) < 4.78 is 3.78. The Morgan fingerprint density at radius 2 is 1.80 bits per heavy atom. The van der Waals surface area contributed by atoms with Gasteiger partial charge in [-0.25, -0.2) is 9.67 Å². The first kappa shape index (κ1) is 18.7. The Morgan fingerprint density at radius 1 is 0.967 bits per heavy atom. The zero-order chi connectivity index (χ0) is 20.7. The Labute approximate surface area is 182 Å². The number of benzene rings is 2. The number of rotatable bonds is 4. The van der Waals surface area contributed by atoms with Crippen molar-refractivity contribution in [2.45, 2.75) is 6.54 Å². The maximum Gasteiger partial charge on any atom is 0.137 e. The van der Waals surface area contributed by atoms with Gasteiger partial charge in [0.2, 0.25) is 0 Å². The number of anilines is 1. The number of halogens is 2. The van der Waals surface area contributed by atoms with Crippen LogP contribution in [0.4, 0.5) is 5.69 Å². The SMILES string of the molecule is Nc1cc(Cn2cc(-c3c(-c4ccc(Cl)cc4)nc4ccccn34)nn2)ccc1Cl. The summed E-state index contributed by atoms with van der Waals surface area (Å²) >= 11 is 12.1. The van der Waals surface area contributed by atoms with Crippen molar-refractivity contribution in [3.8, 4) is 22.6 Å². The lowest BCUT2D eigenvalue weighted by Gasteiger charge is -2.04. The number of pyridine rings is 1. The van der Waals surface area contributed by atoms with Crippen LogP contribution >= 0.6 is 23.2 Å². The second-order valence-corrected chi connectivity index (χ2v) is 7.75. The predicted molar refractivity (Wildman–Crippen MR) is 120 cm³/mol. The lowest BCUT2D eigenvalue weighted by atomic mass is 10.1. The van der Waals surface area contributed by atoms with E-state index in [0.717, 1.165) is 33.9 Å². The molecule has 0 aliphatic rings. The quantitative estimate of drug-likeness (QED) is 0.394. The van der Waals surface area contributed by atoms with Crippen molar-refractivity contribution in [1.82, 2.24) is 24.4 Å². The van der Waals surface area contributed by atoms with Gasteiger partial charge in [0.05, 0.1) is 29.1 Å². The lowest BCUT2D eigenvalue weighted by molar-refractivity contribution is 0.650. The molecule has 0 bridgehead atoms. The van der Waals surface area contributed by atoms with E-state index in [9.17, 15) is 0 Å². The van der Waals surface area contributed by atoms with E-state index in [1.54, 1.807) is 10.7 Å². The van der Waals surface area contributed by atoms with Gasteiger partial charge in [-0.15, -0.1) is 5.10 Å². The molecule has 5 aromatic rings. The molecular weight excluding hydrogens is 419 g/mol. The van der Waals surface area contributed by atoms with Crippen LogP contribution in [0.5, 0.6) is 0 Å². The van der Waals surface area contributed by atoms with Gasteiger partial charge in [-0.05, 0) is 42.0 Å². The van der Waals surface area contributed by atoms with Gasteiger partial charge in [-0.1, -0.05) is 52.7 Å². The van der Waals surface area contributed by atoms with E-state index in [4.69, 9.17) is 33.9 Å². The van der Waals surface area contributed by atoms with E-state index in [1.165, 1.54) is 0 Å². The van der Waals surface area contributed by atoms with Gasteiger partial charge >= 0.3 is 0 Å². The van der Waals surface area contributed by atoms with E-state index in [1.807, 2.05) is 71.4 Å². The van der Waals surface area contributed by atoms with Gasteiger partial charge in [0.25, 0.3) is 0 Å². The average molecular weight is 435 g/mol. The number of nitrogens with two attached hydrogens (primary N) is 1. The maximum absolute atomic E-state index is 6.07. The van der Waals surface area contributed by atoms with Crippen LogP contribution < -0.4 is 5.73 Å². The van der Waals surface area contributed by atoms with E-state index in [0.29, 0.717) is 22.3 Å². The molecule has 3 heterocycles. The highest BCUT2D eigenvalue weighted by Crippen LogP contribution is 2.32. The molecule has 0 aliphatic carbocycles. The molecule has 0 saturated heterocycles. The van der Waals surface area contributed by atoms with Crippen LogP contribution in [-0.4, -0.2) is 24.4 Å². The third kappa shape index (κ3) is 3.40. The molecule has 8 heteroatoms. The summed E-state index contributed by atoms with van der Waals surface area (Å²) in [5, 5.41) is 9.94. The molecule has 30 heavy (non-hydrogen) atoms. The minimum absolute atomic E-state index is 0.529. The van der Waals surface area contributed by atoms with Crippen LogP contribution in [0.25, 0.3) is 28.3 Å². The number of hydrogen-bond acceptors (Lipinski definition) is 4. The second-order valence-electron chi connectivity index (χ2n) is 6.90. The van der Waals surface area contributed by atoms with Crippen LogP contribution in [0.2, 0.25) is 10.0 Å². The molecule has 5 rings (SSSR count). The summed E-state index contributed by atoms with van der Waals surface area (Å²) in [6.07, 6.45) is 3.87. The van der Waals surface area contributed by atoms with Crippen molar-refractivity contribution < 1.29 is 0 Å². The number of nitrogens with zero attached hydrogens (tertiary/aromatic N) is 5. The highest BCUT2D eigenvalue weighted by molar-refractivity contribution is 6.33. The van der Waals surface area contributed by atoms with Gasteiger partial charge in [0.15, 0.2) is 0 Å². The first-order chi connectivity index (χ1) is 14.6. The number of imidazole rings is 1. The molecule has 0 amide bonds. The second kappa shape index (κ2) is 7.48. The molecule has 6 nitrogen and oxygen atoms in total. The molecule has 148 valence electrons. The van der Waals surface area contributed by atoms with E-state index >= 15 is 0 Å². The molecule has 2 aromatic carbocycles. The molecule has 0 fully saturated rings. The van der Waals surface area contributed by atoms with Gasteiger partial charge < -0.3 is 5.73 Å². The van der Waals surface area contributed by atoms with Gasteiger partial charge in [-0.3, -0.25) is 4.40 Å². The fourth-order valence-corrected chi connectivity index (χ4v) is 3.66. The van der Waals surface area contributed by atoms with Crippen LogP contribution in [0.3, 0.4) is 0 Å². The smallest absolute Gasteiger partial charge is 0.137 e. The summed E-state index contributed by atoms with van der Waals surface area (Å²) in [6, 6.07) is 19.0. The third-order valence-electron chi connectivity index (χ3n) is 4.83. The molecule has 0 atom stereocenters. The zero-order valence-electron chi connectivity index (χ0n) is 15.7. The molecule has 0 radical (unpaired) electrons. The zero-order valence-corrected chi connectivity index (χ0v) is 17.2. The Hall–Kier alpha value is -3.35. The summed E-state index contributed by atoms with van der Waals surface area (Å²) in [5.74, 6) is 0. The van der Waals surface area contributed by atoms with Crippen LogP contribution in [0, 0.1) is 0 Å². The Kier molecular flexibility index (Phi) is 4.65. The molecule has 0 aliphatic heterocycles. The summed E-state index contributed by atoms with van der Waals surface area (Å²) in [7, 11) is 0. The molecule has 3 aromatic heterocycles. The summed E-state index contributed by atoms with van der Waals surface area (Å²) in [6.45, 7) is 0.529. The molecule has 0 unspecified atom stereocenters. The molecule has 0 saturated carbocycles. The Balaban J connectivity index is 1.58. The molecular formula is C22H16Cl2N6. The first-order valence-electron chi connectivity index (χ1n) is 9.26. The van der Waals surface area contributed by atoms with Crippen molar-refractivity contribution in [2.75, 3.05) is 5.73 Å². The van der Waals surface area contributed by atoms with Crippen LogP contribution in [0.15, 0.2) is 73.1 Å². The number of nitrogen functional groups attached to an aromatic ring is 1. The van der Waals surface area contributed by atoms with Crippen molar-refractivity contribution in [3.05, 3.63) is 88.7 Å². The monoisotopic (exact) mass is 434 g/mol. The van der Waals surface area contributed by atoms with E-state index in [2.05, 4.69) is 10.3 Å². The Morgan fingerprint density at radius 3 is 2.60 bits per heavy atom. The van der Waals surface area contributed by atoms with Gasteiger partial charge in [-0.2, -0.15) is 0 Å². The Bertz CT molecular complexity index is 1350. The van der Waals surface area contributed by atoms with Crippen molar-refractivity contribution >= 4 is 34.5 Å². The van der Waals surface area contributed by atoms with Crippen LogP contribution in [-0.2, 0) is 6.54 Å². The van der Waals surface area contributed by atoms with Crippen molar-refractivity contribution in [2.24, 2.45) is 0 Å². The largest absolute Gasteiger partial charge is 0.398 e. The normalized spacial score (nSPS) is 11.3. The fraction of sp³-hybridized carbons (Fsp3) is 0.0455.